The van der Waals surface area contributed by atoms with Crippen LogP contribution in [0.3, 0.4) is 0 Å². The lowest BCUT2D eigenvalue weighted by Crippen LogP contribution is -2.49. The van der Waals surface area contributed by atoms with Crippen LogP contribution in [0, 0.1) is 11.8 Å². The Bertz CT molecular complexity index is 1010. The number of fused-ring (bicyclic) bond motifs is 1. The monoisotopic (exact) mass is 499 g/mol. The molecule has 2 unspecified atom stereocenters. The predicted molar refractivity (Wildman–Crippen MR) is 136 cm³/mol. The predicted octanol–water partition coefficient (Wildman–Crippen LogP) is 2.86. The maximum atomic E-state index is 12.7. The fourth-order valence-electron chi connectivity index (χ4n) is 4.98. The van der Waals surface area contributed by atoms with Gasteiger partial charge in [-0.05, 0) is 54.7 Å². The topological polar surface area (TPSA) is 108 Å². The van der Waals surface area contributed by atoms with Crippen molar-refractivity contribution >= 4 is 30.2 Å². The lowest BCUT2D eigenvalue weighted by molar-refractivity contribution is -0.142. The first kappa shape index (κ1) is 26.7. The van der Waals surface area contributed by atoms with Crippen LogP contribution < -0.4 is 16.0 Å². The maximum absolute atomic E-state index is 12.7. The van der Waals surface area contributed by atoms with E-state index in [1.807, 2.05) is 42.5 Å². The highest BCUT2D eigenvalue weighted by molar-refractivity contribution is 5.86. The quantitative estimate of drug-likeness (QED) is 0.447. The van der Waals surface area contributed by atoms with Crippen molar-refractivity contribution in [3.8, 4) is 0 Å². The van der Waals surface area contributed by atoms with Crippen LogP contribution in [0.25, 0.3) is 0 Å². The number of carboxylic acid groups (broad SMARTS) is 1. The standard InChI is InChI=1S/C27H33N3O4.ClH/c31-25(30-24(27(33)34)14-18-6-2-1-3-7-18)20-12-10-19(11-13-20)16-29-26(32)23-15-21-8-4-5-9-22(21)17-28-23;/h1-9,19-20,23-24,28H,10-17H2,(H,29,32)(H,30,31)(H,33,34);1H. The van der Waals surface area contributed by atoms with Gasteiger partial charge in [-0.25, -0.2) is 4.79 Å². The summed E-state index contributed by atoms with van der Waals surface area (Å²) in [6.07, 6.45) is 4.06. The van der Waals surface area contributed by atoms with Crippen LogP contribution in [0.4, 0.5) is 0 Å². The minimum atomic E-state index is -1.02. The van der Waals surface area contributed by atoms with Crippen LogP contribution in [0.1, 0.15) is 42.4 Å². The number of amides is 2. The maximum Gasteiger partial charge on any atom is 0.326 e. The van der Waals surface area contributed by atoms with Crippen LogP contribution in [0.2, 0.25) is 0 Å². The van der Waals surface area contributed by atoms with Gasteiger partial charge in [-0.15, -0.1) is 12.4 Å². The van der Waals surface area contributed by atoms with E-state index in [0.717, 1.165) is 18.4 Å². The van der Waals surface area contributed by atoms with Crippen LogP contribution in [0.5, 0.6) is 0 Å². The molecule has 4 N–H and O–H groups in total. The van der Waals surface area contributed by atoms with E-state index in [9.17, 15) is 19.5 Å². The van der Waals surface area contributed by atoms with E-state index in [1.165, 1.54) is 11.1 Å². The third-order valence-electron chi connectivity index (χ3n) is 7.08. The molecule has 2 atom stereocenters. The SMILES string of the molecule is Cl.O=C(NC(Cc1ccccc1)C(=O)O)C1CCC(CNC(=O)C2Cc3ccccc3CN2)CC1. The molecule has 1 fully saturated rings. The van der Waals surface area contributed by atoms with Gasteiger partial charge in [0, 0.05) is 25.4 Å². The zero-order valence-electron chi connectivity index (χ0n) is 19.7. The molecule has 2 aromatic rings. The third-order valence-corrected chi connectivity index (χ3v) is 7.08. The first-order valence-electron chi connectivity index (χ1n) is 12.1. The number of rotatable bonds is 8. The van der Waals surface area contributed by atoms with E-state index >= 15 is 0 Å². The van der Waals surface area contributed by atoms with E-state index in [1.54, 1.807) is 0 Å². The highest BCUT2D eigenvalue weighted by Gasteiger charge is 2.30. The Balaban J connectivity index is 0.00000342. The molecule has 1 heterocycles. The van der Waals surface area contributed by atoms with Gasteiger partial charge in [-0.1, -0.05) is 54.6 Å². The molecular formula is C27H34ClN3O4. The average molecular weight is 500 g/mol. The molecular weight excluding hydrogens is 466 g/mol. The molecule has 0 saturated heterocycles. The van der Waals surface area contributed by atoms with Crippen molar-refractivity contribution in [2.24, 2.45) is 11.8 Å². The van der Waals surface area contributed by atoms with E-state index in [2.05, 4.69) is 28.1 Å². The van der Waals surface area contributed by atoms with Gasteiger partial charge in [-0.2, -0.15) is 0 Å². The second-order valence-corrected chi connectivity index (χ2v) is 9.46. The Morgan fingerprint density at radius 1 is 0.914 bits per heavy atom. The minimum absolute atomic E-state index is 0. The number of carboxylic acids is 1. The van der Waals surface area contributed by atoms with Crippen molar-refractivity contribution in [3.63, 3.8) is 0 Å². The molecule has 8 heteroatoms. The summed E-state index contributed by atoms with van der Waals surface area (Å²) in [6, 6.07) is 16.4. The summed E-state index contributed by atoms with van der Waals surface area (Å²) in [7, 11) is 0. The molecule has 1 saturated carbocycles. The number of hydrogen-bond acceptors (Lipinski definition) is 4. The fraction of sp³-hybridized carbons (Fsp3) is 0.444. The largest absolute Gasteiger partial charge is 0.480 e. The van der Waals surface area contributed by atoms with Crippen molar-refractivity contribution in [1.29, 1.82) is 0 Å². The summed E-state index contributed by atoms with van der Waals surface area (Å²) in [6.45, 7) is 1.31. The van der Waals surface area contributed by atoms with Crippen molar-refractivity contribution in [3.05, 3.63) is 71.3 Å². The summed E-state index contributed by atoms with van der Waals surface area (Å²) in [5.74, 6) is -1.02. The summed E-state index contributed by atoms with van der Waals surface area (Å²) in [4.78, 5) is 37.1. The van der Waals surface area contributed by atoms with E-state index < -0.39 is 12.0 Å². The van der Waals surface area contributed by atoms with Crippen LogP contribution in [0.15, 0.2) is 54.6 Å². The highest BCUT2D eigenvalue weighted by atomic mass is 35.5. The number of nitrogens with one attached hydrogen (secondary N) is 3. The van der Waals surface area contributed by atoms with E-state index in [0.29, 0.717) is 38.3 Å². The Morgan fingerprint density at radius 2 is 1.57 bits per heavy atom. The van der Waals surface area contributed by atoms with Crippen molar-refractivity contribution in [2.75, 3.05) is 6.54 Å². The molecule has 0 radical (unpaired) electrons. The number of hydrogen-bond donors (Lipinski definition) is 4. The highest BCUT2D eigenvalue weighted by Crippen LogP contribution is 2.29. The third kappa shape index (κ3) is 7.29. The number of aliphatic carboxylic acids is 1. The molecule has 7 nitrogen and oxygen atoms in total. The number of halogens is 1. The van der Waals surface area contributed by atoms with Gasteiger partial charge in [-0.3, -0.25) is 9.59 Å². The van der Waals surface area contributed by atoms with Crippen LogP contribution in [-0.4, -0.2) is 41.5 Å². The molecule has 2 aromatic carbocycles. The van der Waals surface area contributed by atoms with Gasteiger partial charge in [0.15, 0.2) is 0 Å². The molecule has 2 aliphatic rings. The Kier molecular flexibility index (Phi) is 9.69. The van der Waals surface area contributed by atoms with Gasteiger partial charge >= 0.3 is 5.97 Å². The molecule has 188 valence electrons. The van der Waals surface area contributed by atoms with E-state index in [4.69, 9.17) is 0 Å². The summed E-state index contributed by atoms with van der Waals surface area (Å²) >= 11 is 0. The van der Waals surface area contributed by atoms with Crippen molar-refractivity contribution in [1.82, 2.24) is 16.0 Å². The minimum Gasteiger partial charge on any atom is -0.480 e. The van der Waals surface area contributed by atoms with Gasteiger partial charge < -0.3 is 21.1 Å². The first-order chi connectivity index (χ1) is 16.5. The number of carbonyl (C=O) groups excluding carboxylic acids is 2. The first-order valence-corrected chi connectivity index (χ1v) is 12.1. The Morgan fingerprint density at radius 3 is 2.26 bits per heavy atom. The second kappa shape index (κ2) is 12.7. The molecule has 0 aromatic heterocycles. The van der Waals surface area contributed by atoms with Crippen molar-refractivity contribution in [2.45, 2.75) is 57.2 Å². The lowest BCUT2D eigenvalue weighted by Gasteiger charge is -2.30. The van der Waals surface area contributed by atoms with Crippen molar-refractivity contribution < 1.29 is 19.5 Å². The second-order valence-electron chi connectivity index (χ2n) is 9.46. The smallest absolute Gasteiger partial charge is 0.326 e. The average Bonchev–Trinajstić information content (AvgIpc) is 2.87. The van der Waals surface area contributed by atoms with Crippen LogP contribution >= 0.6 is 12.4 Å². The molecule has 0 spiro atoms. The van der Waals surface area contributed by atoms with Crippen LogP contribution in [-0.2, 0) is 33.8 Å². The molecule has 1 aliphatic carbocycles. The Labute approximate surface area is 212 Å². The lowest BCUT2D eigenvalue weighted by atomic mass is 9.81. The summed E-state index contributed by atoms with van der Waals surface area (Å²) in [5, 5.41) is 18.7. The Hall–Kier alpha value is -2.90. The molecule has 0 bridgehead atoms. The zero-order chi connectivity index (χ0) is 23.9. The molecule has 35 heavy (non-hydrogen) atoms. The van der Waals surface area contributed by atoms with Gasteiger partial charge in [0.05, 0.1) is 6.04 Å². The summed E-state index contributed by atoms with van der Waals surface area (Å²) < 4.78 is 0. The van der Waals surface area contributed by atoms with Gasteiger partial charge in [0.2, 0.25) is 11.8 Å². The number of carbonyl (C=O) groups is 3. The van der Waals surface area contributed by atoms with Gasteiger partial charge in [0.25, 0.3) is 0 Å². The van der Waals surface area contributed by atoms with Gasteiger partial charge in [0.1, 0.15) is 6.04 Å². The fourth-order valence-corrected chi connectivity index (χ4v) is 4.98. The normalized spacial score (nSPS) is 22.1. The molecule has 1 aliphatic heterocycles. The molecule has 2 amide bonds. The number of benzene rings is 2. The summed E-state index contributed by atoms with van der Waals surface area (Å²) in [5.41, 5.74) is 3.35. The van der Waals surface area contributed by atoms with E-state index in [-0.39, 0.29) is 42.6 Å². The zero-order valence-corrected chi connectivity index (χ0v) is 20.6. The molecule has 4 rings (SSSR count).